The molecule has 0 aliphatic heterocycles. The van der Waals surface area contributed by atoms with Gasteiger partial charge in [-0.15, -0.1) is 0 Å². The number of alkyl halides is 2. The number of benzene rings is 1. The van der Waals surface area contributed by atoms with Crippen LogP contribution >= 0.6 is 0 Å². The summed E-state index contributed by atoms with van der Waals surface area (Å²) in [6.45, 7) is 5.82. The van der Waals surface area contributed by atoms with Crippen LogP contribution in [-0.2, 0) is 9.84 Å². The van der Waals surface area contributed by atoms with E-state index in [1.807, 2.05) is 20.8 Å². The lowest BCUT2D eigenvalue weighted by atomic mass is 10.1. The third kappa shape index (κ3) is 3.66. The molecule has 1 aromatic carbocycles. The van der Waals surface area contributed by atoms with Crippen LogP contribution in [0.15, 0.2) is 29.2 Å². The van der Waals surface area contributed by atoms with Crippen molar-refractivity contribution in [1.29, 1.82) is 0 Å². The molecule has 0 saturated carbocycles. The molecule has 0 amide bonds. The maximum absolute atomic E-state index is 12.3. The molecule has 0 fully saturated rings. The van der Waals surface area contributed by atoms with Crippen molar-refractivity contribution >= 4 is 15.5 Å². The van der Waals surface area contributed by atoms with E-state index in [9.17, 15) is 17.2 Å². The fraction of sp³-hybridized carbons (Fsp3) is 0.455. The van der Waals surface area contributed by atoms with E-state index in [1.165, 1.54) is 24.3 Å². The van der Waals surface area contributed by atoms with E-state index in [2.05, 4.69) is 5.32 Å². The Kier molecular flexibility index (Phi) is 3.76. The Hall–Kier alpha value is -1.17. The SMILES string of the molecule is CC(C)(C)Nc1ccc(S(=O)(=O)C(F)F)cc1. The monoisotopic (exact) mass is 263 g/mol. The zero-order valence-electron chi connectivity index (χ0n) is 9.87. The molecular weight excluding hydrogens is 248 g/mol. The highest BCUT2D eigenvalue weighted by atomic mass is 32.2. The number of nitrogens with one attached hydrogen (secondary N) is 1. The molecule has 3 nitrogen and oxygen atoms in total. The summed E-state index contributed by atoms with van der Waals surface area (Å²) in [5.41, 5.74) is 0.508. The molecule has 0 heterocycles. The number of hydrogen-bond donors (Lipinski definition) is 1. The average molecular weight is 263 g/mol. The van der Waals surface area contributed by atoms with Crippen LogP contribution in [0.2, 0.25) is 0 Å². The van der Waals surface area contributed by atoms with Gasteiger partial charge in [-0.25, -0.2) is 8.42 Å². The Morgan fingerprint density at radius 1 is 1.12 bits per heavy atom. The minimum absolute atomic E-state index is 0.177. The molecule has 0 saturated heterocycles. The number of hydrogen-bond acceptors (Lipinski definition) is 3. The van der Waals surface area contributed by atoms with E-state index in [0.717, 1.165) is 0 Å². The second kappa shape index (κ2) is 4.60. The normalized spacial score (nSPS) is 12.8. The van der Waals surface area contributed by atoms with E-state index >= 15 is 0 Å². The molecule has 0 bridgehead atoms. The van der Waals surface area contributed by atoms with Crippen LogP contribution in [0.5, 0.6) is 0 Å². The fourth-order valence-electron chi connectivity index (χ4n) is 1.26. The van der Waals surface area contributed by atoms with E-state index in [-0.39, 0.29) is 10.4 Å². The van der Waals surface area contributed by atoms with Gasteiger partial charge in [0.1, 0.15) is 0 Å². The van der Waals surface area contributed by atoms with Gasteiger partial charge in [-0.3, -0.25) is 0 Å². The van der Waals surface area contributed by atoms with Gasteiger partial charge in [0, 0.05) is 11.2 Å². The Labute approximate surface area is 99.8 Å². The molecule has 0 aliphatic carbocycles. The summed E-state index contributed by atoms with van der Waals surface area (Å²) in [4.78, 5) is -0.369. The largest absolute Gasteiger partial charge is 0.380 e. The highest BCUT2D eigenvalue weighted by molar-refractivity contribution is 7.91. The van der Waals surface area contributed by atoms with Crippen molar-refractivity contribution in [3.05, 3.63) is 24.3 Å². The third-order valence-electron chi connectivity index (χ3n) is 1.94. The van der Waals surface area contributed by atoms with E-state index in [4.69, 9.17) is 0 Å². The third-order valence-corrected chi connectivity index (χ3v) is 3.34. The summed E-state index contributed by atoms with van der Waals surface area (Å²) in [5.74, 6) is -3.39. The van der Waals surface area contributed by atoms with Gasteiger partial charge in [0.25, 0.3) is 0 Å². The van der Waals surface area contributed by atoms with Crippen molar-refractivity contribution in [2.45, 2.75) is 37.0 Å². The number of sulfone groups is 1. The van der Waals surface area contributed by atoms with Gasteiger partial charge in [0.2, 0.25) is 9.84 Å². The number of rotatable bonds is 3. The predicted octanol–water partition coefficient (Wildman–Crippen LogP) is 2.89. The minimum Gasteiger partial charge on any atom is -0.380 e. The lowest BCUT2D eigenvalue weighted by Crippen LogP contribution is -2.26. The van der Waals surface area contributed by atoms with Crippen LogP contribution in [0, 0.1) is 0 Å². The van der Waals surface area contributed by atoms with Gasteiger partial charge in [-0.1, -0.05) is 0 Å². The zero-order valence-corrected chi connectivity index (χ0v) is 10.7. The minimum atomic E-state index is -4.50. The second-order valence-electron chi connectivity index (χ2n) is 4.71. The standard InChI is InChI=1S/C11H15F2NO2S/c1-11(2,3)14-8-4-6-9(7-5-8)17(15,16)10(12)13/h4-7,10,14H,1-3H3. The number of anilines is 1. The van der Waals surface area contributed by atoms with Gasteiger partial charge in [0.15, 0.2) is 0 Å². The number of halogens is 2. The summed E-state index contributed by atoms with van der Waals surface area (Å²) in [6, 6.07) is 5.30. The van der Waals surface area contributed by atoms with Crippen molar-refractivity contribution in [3.8, 4) is 0 Å². The Morgan fingerprint density at radius 2 is 1.59 bits per heavy atom. The first-order valence-corrected chi connectivity index (χ1v) is 6.58. The van der Waals surface area contributed by atoms with Crippen LogP contribution in [0.25, 0.3) is 0 Å². The molecule has 96 valence electrons. The average Bonchev–Trinajstić information content (AvgIpc) is 2.15. The van der Waals surface area contributed by atoms with Crippen LogP contribution in [0.1, 0.15) is 20.8 Å². The van der Waals surface area contributed by atoms with Crippen LogP contribution < -0.4 is 5.32 Å². The van der Waals surface area contributed by atoms with Gasteiger partial charge < -0.3 is 5.32 Å². The van der Waals surface area contributed by atoms with Crippen molar-refractivity contribution in [2.24, 2.45) is 0 Å². The summed E-state index contributed by atoms with van der Waals surface area (Å²) in [7, 11) is -4.50. The van der Waals surface area contributed by atoms with Gasteiger partial charge in [-0.05, 0) is 45.0 Å². The van der Waals surface area contributed by atoms with Gasteiger partial charge in [-0.2, -0.15) is 8.78 Å². The van der Waals surface area contributed by atoms with Crippen LogP contribution in [0.4, 0.5) is 14.5 Å². The van der Waals surface area contributed by atoms with Crippen molar-refractivity contribution in [3.63, 3.8) is 0 Å². The summed E-state index contributed by atoms with van der Waals surface area (Å²) in [5, 5.41) is 3.11. The fourth-order valence-corrected chi connectivity index (χ4v) is 1.99. The molecule has 1 N–H and O–H groups in total. The molecule has 0 aliphatic rings. The molecule has 6 heteroatoms. The summed E-state index contributed by atoms with van der Waals surface area (Å²) in [6.07, 6.45) is 0. The van der Waals surface area contributed by atoms with E-state index in [0.29, 0.717) is 5.69 Å². The molecule has 0 spiro atoms. The lowest BCUT2D eigenvalue weighted by molar-refractivity contribution is 0.234. The van der Waals surface area contributed by atoms with Gasteiger partial charge >= 0.3 is 5.76 Å². The van der Waals surface area contributed by atoms with Crippen LogP contribution in [-0.4, -0.2) is 19.7 Å². The van der Waals surface area contributed by atoms with Crippen LogP contribution in [0.3, 0.4) is 0 Å². The molecule has 0 unspecified atom stereocenters. The summed E-state index contributed by atoms with van der Waals surface area (Å²) < 4.78 is 46.8. The quantitative estimate of drug-likeness (QED) is 0.912. The molecule has 0 radical (unpaired) electrons. The predicted molar refractivity (Wildman–Crippen MR) is 63.0 cm³/mol. The first kappa shape index (κ1) is 13.9. The van der Waals surface area contributed by atoms with Crippen molar-refractivity contribution in [1.82, 2.24) is 0 Å². The highest BCUT2D eigenvalue weighted by Crippen LogP contribution is 2.21. The maximum atomic E-state index is 12.3. The smallest absolute Gasteiger partial charge is 0.341 e. The second-order valence-corrected chi connectivity index (χ2v) is 6.62. The maximum Gasteiger partial charge on any atom is 0.341 e. The lowest BCUT2D eigenvalue weighted by Gasteiger charge is -2.22. The van der Waals surface area contributed by atoms with E-state index in [1.54, 1.807) is 0 Å². The first-order valence-electron chi connectivity index (χ1n) is 5.03. The topological polar surface area (TPSA) is 46.2 Å². The Morgan fingerprint density at radius 3 is 1.94 bits per heavy atom. The van der Waals surface area contributed by atoms with E-state index < -0.39 is 15.6 Å². The zero-order chi connectivity index (χ0) is 13.3. The van der Waals surface area contributed by atoms with Crippen molar-refractivity contribution in [2.75, 3.05) is 5.32 Å². The first-order chi connectivity index (χ1) is 7.63. The van der Waals surface area contributed by atoms with Crippen molar-refractivity contribution < 1.29 is 17.2 Å². The highest BCUT2D eigenvalue weighted by Gasteiger charge is 2.26. The molecular formula is C11H15F2NO2S. The Bertz CT molecular complexity index is 475. The summed E-state index contributed by atoms with van der Waals surface area (Å²) >= 11 is 0. The molecule has 0 aromatic heterocycles. The Balaban J connectivity index is 2.97. The molecule has 1 aromatic rings. The molecule has 17 heavy (non-hydrogen) atoms. The molecule has 0 atom stereocenters. The molecule has 1 rings (SSSR count). The van der Waals surface area contributed by atoms with Gasteiger partial charge in [0.05, 0.1) is 4.90 Å².